The van der Waals surface area contributed by atoms with E-state index in [1.54, 1.807) is 0 Å². The highest BCUT2D eigenvalue weighted by Gasteiger charge is 2.21. The first kappa shape index (κ1) is 25.8. The molecule has 0 aliphatic carbocycles. The number of aromatic nitrogens is 1. The zero-order valence-electron chi connectivity index (χ0n) is 24.5. The summed E-state index contributed by atoms with van der Waals surface area (Å²) in [6.07, 6.45) is 0. The average molecular weight is 593 g/mol. The molecule has 212 valence electrons. The first-order valence-electron chi connectivity index (χ1n) is 15.3. The highest BCUT2D eigenvalue weighted by Crippen LogP contribution is 2.45. The van der Waals surface area contributed by atoms with Crippen molar-refractivity contribution < 1.29 is 0 Å². The highest BCUT2D eigenvalue weighted by molar-refractivity contribution is 7.25. The molecule has 2 heterocycles. The van der Waals surface area contributed by atoms with E-state index in [2.05, 4.69) is 179 Å². The van der Waals surface area contributed by atoms with E-state index < -0.39 is 0 Å². The molecule has 0 radical (unpaired) electrons. The molecule has 0 N–H and O–H groups in total. The highest BCUT2D eigenvalue weighted by atomic mass is 32.1. The number of fused-ring (bicyclic) bond motifs is 6. The van der Waals surface area contributed by atoms with Crippen LogP contribution in [-0.4, -0.2) is 4.57 Å². The monoisotopic (exact) mass is 592 g/mol. The zero-order valence-corrected chi connectivity index (χ0v) is 25.3. The topological polar surface area (TPSA) is 8.17 Å². The van der Waals surface area contributed by atoms with E-state index in [9.17, 15) is 0 Å². The molecule has 0 aliphatic heterocycles. The van der Waals surface area contributed by atoms with E-state index in [0.717, 1.165) is 22.7 Å². The number of anilines is 3. The smallest absolute Gasteiger partial charge is 0.0568 e. The summed E-state index contributed by atoms with van der Waals surface area (Å²) in [7, 11) is 0. The number of thiophene rings is 1. The number of hydrogen-bond donors (Lipinski definition) is 0. The second kappa shape index (κ2) is 10.5. The van der Waals surface area contributed by atoms with Crippen molar-refractivity contribution in [3.63, 3.8) is 0 Å². The van der Waals surface area contributed by atoms with E-state index in [0.29, 0.717) is 0 Å². The van der Waals surface area contributed by atoms with Crippen molar-refractivity contribution in [2.24, 2.45) is 0 Å². The molecule has 0 spiro atoms. The third kappa shape index (κ3) is 4.24. The van der Waals surface area contributed by atoms with Crippen molar-refractivity contribution in [1.82, 2.24) is 4.57 Å². The predicted molar refractivity (Wildman–Crippen MR) is 194 cm³/mol. The van der Waals surface area contributed by atoms with Crippen molar-refractivity contribution in [1.29, 1.82) is 0 Å². The van der Waals surface area contributed by atoms with Gasteiger partial charge in [-0.05, 0) is 71.8 Å². The largest absolute Gasteiger partial charge is 0.310 e. The van der Waals surface area contributed by atoms with Crippen molar-refractivity contribution in [3.8, 4) is 16.8 Å². The lowest BCUT2D eigenvalue weighted by Gasteiger charge is -2.27. The van der Waals surface area contributed by atoms with E-state index in [1.807, 2.05) is 11.3 Å². The fraction of sp³-hybridized carbons (Fsp3) is 0. The van der Waals surface area contributed by atoms with Crippen LogP contribution in [0.2, 0.25) is 0 Å². The molecule has 2 aromatic heterocycles. The van der Waals surface area contributed by atoms with Gasteiger partial charge >= 0.3 is 0 Å². The summed E-state index contributed by atoms with van der Waals surface area (Å²) in [6, 6.07) is 61.4. The van der Waals surface area contributed by atoms with Gasteiger partial charge in [0.2, 0.25) is 0 Å². The summed E-state index contributed by atoms with van der Waals surface area (Å²) in [4.78, 5) is 2.41. The summed E-state index contributed by atoms with van der Waals surface area (Å²) in [5.74, 6) is 0. The second-order valence-electron chi connectivity index (χ2n) is 11.4. The van der Waals surface area contributed by atoms with E-state index >= 15 is 0 Å². The van der Waals surface area contributed by atoms with Gasteiger partial charge in [0.25, 0.3) is 0 Å². The quantitative estimate of drug-likeness (QED) is 0.193. The Balaban J connectivity index is 1.38. The Morgan fingerprint density at radius 2 is 1.07 bits per heavy atom. The minimum atomic E-state index is 1.12. The number of para-hydroxylation sites is 3. The summed E-state index contributed by atoms with van der Waals surface area (Å²) in [5, 5.41) is 5.13. The molecule has 0 unspecified atom stereocenters. The van der Waals surface area contributed by atoms with Crippen LogP contribution in [0.1, 0.15) is 0 Å². The van der Waals surface area contributed by atoms with Gasteiger partial charge in [-0.3, -0.25) is 0 Å². The van der Waals surface area contributed by atoms with Gasteiger partial charge in [-0.15, -0.1) is 11.3 Å². The fourth-order valence-electron chi connectivity index (χ4n) is 6.79. The lowest BCUT2D eigenvalue weighted by atomic mass is 9.98. The molecule has 0 saturated carbocycles. The molecular weight excluding hydrogens is 565 g/mol. The number of hydrogen-bond acceptors (Lipinski definition) is 2. The van der Waals surface area contributed by atoms with Gasteiger partial charge in [0.15, 0.2) is 0 Å². The van der Waals surface area contributed by atoms with Gasteiger partial charge in [-0.1, -0.05) is 109 Å². The van der Waals surface area contributed by atoms with Crippen LogP contribution in [0.25, 0.3) is 58.8 Å². The van der Waals surface area contributed by atoms with Gasteiger partial charge in [-0.25, -0.2) is 0 Å². The van der Waals surface area contributed by atoms with Crippen molar-refractivity contribution in [2.75, 3.05) is 4.90 Å². The lowest BCUT2D eigenvalue weighted by Crippen LogP contribution is -2.10. The number of benzene rings is 7. The zero-order chi connectivity index (χ0) is 29.7. The molecule has 45 heavy (non-hydrogen) atoms. The third-order valence-corrected chi connectivity index (χ3v) is 9.88. The first-order valence-corrected chi connectivity index (χ1v) is 16.1. The molecule has 9 rings (SSSR count). The van der Waals surface area contributed by atoms with Crippen LogP contribution >= 0.6 is 11.3 Å². The Bertz CT molecular complexity index is 2470. The van der Waals surface area contributed by atoms with Crippen molar-refractivity contribution in [3.05, 3.63) is 170 Å². The molecule has 3 heteroatoms. The van der Waals surface area contributed by atoms with Gasteiger partial charge in [0.05, 0.1) is 11.0 Å². The Labute approximate surface area is 265 Å². The van der Waals surface area contributed by atoms with Crippen molar-refractivity contribution in [2.45, 2.75) is 0 Å². The molecule has 2 nitrogen and oxygen atoms in total. The molecule has 7 aromatic carbocycles. The minimum Gasteiger partial charge on any atom is -0.310 e. The van der Waals surface area contributed by atoms with Gasteiger partial charge in [0.1, 0.15) is 0 Å². The molecule has 0 aliphatic rings. The molecule has 0 bridgehead atoms. The van der Waals surface area contributed by atoms with Gasteiger partial charge in [0, 0.05) is 53.7 Å². The van der Waals surface area contributed by atoms with Crippen LogP contribution in [-0.2, 0) is 0 Å². The van der Waals surface area contributed by atoms with Crippen LogP contribution in [0.3, 0.4) is 0 Å². The third-order valence-electron chi connectivity index (χ3n) is 8.75. The molecule has 9 aromatic rings. The maximum atomic E-state index is 2.42. The van der Waals surface area contributed by atoms with Crippen molar-refractivity contribution >= 4 is 70.4 Å². The predicted octanol–water partition coefficient (Wildman–Crippen LogP) is 12.3. The van der Waals surface area contributed by atoms with Gasteiger partial charge in [-0.2, -0.15) is 0 Å². The Morgan fingerprint density at radius 3 is 1.87 bits per heavy atom. The number of rotatable bonds is 5. The molecule has 0 atom stereocenters. The number of nitrogens with zero attached hydrogens (tertiary/aromatic N) is 2. The second-order valence-corrected chi connectivity index (χ2v) is 12.5. The molecular formula is C42H28N2S. The maximum Gasteiger partial charge on any atom is 0.0568 e. The summed E-state index contributed by atoms with van der Waals surface area (Å²) < 4.78 is 5.02. The summed E-state index contributed by atoms with van der Waals surface area (Å²) in [6.45, 7) is 0. The standard InChI is InChI=1S/C42H28N2S/c1-4-14-29(15-5-1)37-26-33(27-39-42(37)36-21-10-12-22-38(36)44(39)31-18-8-3-9-19-31)43(30-16-6-2-7-17-30)32-24-25-35-34-20-11-13-23-40(34)45-41(35)28-32/h1-28H. The Morgan fingerprint density at radius 1 is 0.422 bits per heavy atom. The van der Waals surface area contributed by atoms with Crippen LogP contribution in [0.5, 0.6) is 0 Å². The summed E-state index contributed by atoms with van der Waals surface area (Å²) >= 11 is 1.86. The van der Waals surface area contributed by atoms with Crippen LogP contribution < -0.4 is 4.90 Å². The van der Waals surface area contributed by atoms with Gasteiger partial charge < -0.3 is 9.47 Å². The van der Waals surface area contributed by atoms with E-state index in [-0.39, 0.29) is 0 Å². The molecule has 0 saturated heterocycles. The maximum absolute atomic E-state index is 2.42. The van der Waals surface area contributed by atoms with Crippen LogP contribution in [0.15, 0.2) is 170 Å². The first-order chi connectivity index (χ1) is 22.3. The fourth-order valence-corrected chi connectivity index (χ4v) is 7.93. The average Bonchev–Trinajstić information content (AvgIpc) is 3.65. The van der Waals surface area contributed by atoms with E-state index in [4.69, 9.17) is 0 Å². The van der Waals surface area contributed by atoms with Crippen LogP contribution in [0, 0.1) is 0 Å². The molecule has 0 fully saturated rings. The lowest BCUT2D eigenvalue weighted by molar-refractivity contribution is 1.18. The van der Waals surface area contributed by atoms with Crippen LogP contribution in [0.4, 0.5) is 17.1 Å². The SMILES string of the molecule is c1ccc(-c2cc(N(c3ccccc3)c3ccc4c(c3)sc3ccccc34)cc3c2c2ccccc2n3-c2ccccc2)cc1. The minimum absolute atomic E-state index is 1.12. The normalized spacial score (nSPS) is 11.6. The van der Waals surface area contributed by atoms with E-state index in [1.165, 1.54) is 53.1 Å². The summed E-state index contributed by atoms with van der Waals surface area (Å²) in [5.41, 5.74) is 9.34. The Kier molecular flexibility index (Phi) is 6.03. The Hall–Kier alpha value is -5.64. The molecule has 0 amide bonds.